The summed E-state index contributed by atoms with van der Waals surface area (Å²) in [6.45, 7) is 1.06. The van der Waals surface area contributed by atoms with Crippen molar-refractivity contribution >= 4 is 104 Å². The molecular weight excluding hydrogens is 751 g/mol. The Kier molecular flexibility index (Phi) is 31.2. The highest BCUT2D eigenvalue weighted by molar-refractivity contribution is 8.40. The van der Waals surface area contributed by atoms with Gasteiger partial charge >= 0.3 is 0 Å². The van der Waals surface area contributed by atoms with Crippen molar-refractivity contribution in [2.45, 2.75) is 78.3 Å². The van der Waals surface area contributed by atoms with Crippen molar-refractivity contribution in [2.24, 2.45) is 17.2 Å². The minimum Gasteiger partial charge on any atom is -0.368 e. The number of nitrogens with zero attached hydrogens (tertiary/aromatic N) is 2. The maximum Gasteiger partial charge on any atom is 0.253 e. The number of imide groups is 2. The Morgan fingerprint density at radius 1 is 0.653 bits per heavy atom. The Bertz CT molecular complexity index is 1220. The molecule has 2 heterocycles. The van der Waals surface area contributed by atoms with Gasteiger partial charge in [0, 0.05) is 77.4 Å². The number of hydrogen-bond acceptors (Lipinski definition) is 13. The van der Waals surface area contributed by atoms with Gasteiger partial charge in [-0.25, -0.2) is 0 Å². The summed E-state index contributed by atoms with van der Waals surface area (Å²) in [4.78, 5) is 92.1. The molecule has 2 unspecified atom stereocenters. The van der Waals surface area contributed by atoms with Gasteiger partial charge in [-0.15, -0.1) is 0 Å². The third-order valence-corrected chi connectivity index (χ3v) is 9.98. The van der Waals surface area contributed by atoms with Crippen molar-refractivity contribution in [3.05, 3.63) is 24.3 Å². The van der Waals surface area contributed by atoms with Crippen LogP contribution in [0.25, 0.3) is 0 Å². The molecule has 21 heteroatoms. The van der Waals surface area contributed by atoms with E-state index < -0.39 is 41.6 Å². The molecule has 0 bridgehead atoms. The monoisotopic (exact) mass is 797 g/mol. The lowest BCUT2D eigenvalue weighted by Gasteiger charge is -2.13. The van der Waals surface area contributed by atoms with Crippen LogP contribution in [-0.4, -0.2) is 94.9 Å². The lowest BCUT2D eigenvalue weighted by molar-refractivity contribution is -0.139. The molecule has 0 radical (unpaired) electrons. The second-order valence-electron chi connectivity index (χ2n) is 9.72. The van der Waals surface area contributed by atoms with Crippen molar-refractivity contribution in [3.8, 4) is 0 Å². The van der Waals surface area contributed by atoms with E-state index in [9.17, 15) is 38.4 Å². The lowest BCUT2D eigenvalue weighted by Crippen LogP contribution is -2.36. The molecule has 2 aliphatic rings. The van der Waals surface area contributed by atoms with E-state index in [0.29, 0.717) is 51.6 Å². The number of hydrogen-bond donors (Lipinski definition) is 5. The molecule has 7 amide bonds. The van der Waals surface area contributed by atoms with Gasteiger partial charge in [-0.1, -0.05) is 14.9 Å². The topological polar surface area (TPSA) is 245 Å². The van der Waals surface area contributed by atoms with Crippen LogP contribution in [0.15, 0.2) is 24.3 Å². The third kappa shape index (κ3) is 23.4. The van der Waals surface area contributed by atoms with Gasteiger partial charge in [0.15, 0.2) is 0 Å². The first kappa shape index (κ1) is 50.7. The van der Waals surface area contributed by atoms with Gasteiger partial charge in [0.05, 0.1) is 19.4 Å². The molecule has 2 atom stereocenters. The highest BCUT2D eigenvalue weighted by Crippen LogP contribution is 2.10. The number of primary amides is 1. The molecule has 0 fully saturated rings. The summed E-state index contributed by atoms with van der Waals surface area (Å²) in [5.74, 6) is -2.57. The standard InChI is InChI=1S/C13H20N4O4.C13H18N3O4PS.2CH4.P2S2/c14-9(13(15)21)3-1-2-7-16-10(18)6-8-17-11(19)4-5-12(17)20;14-9(13(20)21-22)3-1-2-7-15-10(17)6-8-16-11(18)4-5-12(16)19;;;3-1-2-4/h4-5,9H,1-3,6-8,14H2,(H2,15,21)(H,16,18);4-5,9H,1-3,6-8,14H2,(H,15,17);2*1H4;. The molecule has 0 aromatic carbocycles. The van der Waals surface area contributed by atoms with Gasteiger partial charge < -0.3 is 27.8 Å². The zero-order chi connectivity index (χ0) is 35.8. The molecule has 15 nitrogen and oxygen atoms in total. The number of carbonyl (C=O) groups excluding carboxylic acids is 8. The summed E-state index contributed by atoms with van der Waals surface area (Å²) in [6, 6.07) is -1.19. The van der Waals surface area contributed by atoms with Crippen molar-refractivity contribution in [2.75, 3.05) is 26.2 Å². The van der Waals surface area contributed by atoms with Gasteiger partial charge in [-0.2, -0.15) is 0 Å². The zero-order valence-electron chi connectivity index (χ0n) is 25.4. The SMILES string of the molecule is C.C.NC(=O)C(N)CCCCNC(=O)CCN1C(=O)C=CC1=O.NC(CCCCNC(=O)CCN1C(=O)C=CC1=O)C(=O)P=S.S=PP=S. The molecule has 2 aliphatic heterocycles. The van der Waals surface area contributed by atoms with Crippen LogP contribution in [0.5, 0.6) is 0 Å². The molecule has 0 aliphatic carbocycles. The Morgan fingerprint density at radius 3 is 1.31 bits per heavy atom. The predicted octanol–water partition coefficient (Wildman–Crippen LogP) is 1.24. The fourth-order valence-electron chi connectivity index (χ4n) is 3.67. The number of unbranched alkanes of at least 4 members (excludes halogenated alkanes) is 2. The van der Waals surface area contributed by atoms with Crippen LogP contribution in [0.4, 0.5) is 0 Å². The van der Waals surface area contributed by atoms with Gasteiger partial charge in [0.1, 0.15) is 0 Å². The second-order valence-corrected chi connectivity index (χ2v) is 15.1. The van der Waals surface area contributed by atoms with Crippen LogP contribution >= 0.6 is 21.4 Å². The Hall–Kier alpha value is -2.68. The molecule has 274 valence electrons. The molecule has 2 rings (SSSR count). The Morgan fingerprint density at radius 2 is 1.00 bits per heavy atom. The van der Waals surface area contributed by atoms with Gasteiger partial charge in [-0.3, -0.25) is 48.2 Å². The summed E-state index contributed by atoms with van der Waals surface area (Å²) < 4.78 is 0. The number of nitrogens with one attached hydrogen (secondary N) is 2. The van der Waals surface area contributed by atoms with Crippen LogP contribution in [0.2, 0.25) is 0 Å². The van der Waals surface area contributed by atoms with Gasteiger partial charge in [0.2, 0.25) is 23.2 Å². The number of carbonyl (C=O) groups is 8. The van der Waals surface area contributed by atoms with E-state index in [1.165, 1.54) is 24.3 Å². The van der Waals surface area contributed by atoms with Crippen LogP contribution in [0.1, 0.15) is 66.2 Å². The molecule has 8 N–H and O–H groups in total. The maximum atomic E-state index is 11.6. The summed E-state index contributed by atoms with van der Waals surface area (Å²) in [6.07, 6.45) is 8.67. The summed E-state index contributed by atoms with van der Waals surface area (Å²) in [5, 5.41) is 5.37. The van der Waals surface area contributed by atoms with Gasteiger partial charge in [-0.05, 0) is 73.9 Å². The first-order chi connectivity index (χ1) is 22.3. The highest BCUT2D eigenvalue weighted by atomic mass is 32.7. The van der Waals surface area contributed by atoms with Crippen molar-refractivity contribution in [3.63, 3.8) is 0 Å². The molecular formula is C28H46N7O8P3S3. The van der Waals surface area contributed by atoms with E-state index in [1.807, 2.05) is 0 Å². The third-order valence-electron chi connectivity index (χ3n) is 6.26. The van der Waals surface area contributed by atoms with Gasteiger partial charge in [0.25, 0.3) is 23.6 Å². The molecule has 0 spiro atoms. The quantitative estimate of drug-likeness (QED) is 0.0662. The molecule has 0 saturated carbocycles. The Balaban J connectivity index is -0.000000750. The highest BCUT2D eigenvalue weighted by Gasteiger charge is 2.24. The van der Waals surface area contributed by atoms with Crippen molar-refractivity contribution < 1.29 is 38.4 Å². The predicted molar refractivity (Wildman–Crippen MR) is 201 cm³/mol. The molecule has 0 aromatic rings. The van der Waals surface area contributed by atoms with Crippen LogP contribution in [-0.2, 0) is 73.8 Å². The molecule has 0 aromatic heterocycles. The fraction of sp³-hybridized carbons (Fsp3) is 0.571. The Labute approximate surface area is 307 Å². The maximum absolute atomic E-state index is 11.6. The number of amides is 7. The number of nitrogens with two attached hydrogens (primary N) is 3. The largest absolute Gasteiger partial charge is 0.368 e. The first-order valence-electron chi connectivity index (χ1n) is 14.2. The molecule has 0 saturated heterocycles. The van der Waals surface area contributed by atoms with Crippen LogP contribution < -0.4 is 27.8 Å². The normalized spacial score (nSPS) is 14.2. The van der Waals surface area contributed by atoms with E-state index in [-0.39, 0.29) is 65.5 Å². The fourth-order valence-corrected chi connectivity index (χ4v) is 4.34. The van der Waals surface area contributed by atoms with Crippen LogP contribution in [0, 0.1) is 0 Å². The minimum absolute atomic E-state index is 0. The van der Waals surface area contributed by atoms with E-state index in [0.717, 1.165) is 23.9 Å². The smallest absolute Gasteiger partial charge is 0.253 e. The van der Waals surface area contributed by atoms with Crippen molar-refractivity contribution in [1.82, 2.24) is 20.4 Å². The zero-order valence-corrected chi connectivity index (χ0v) is 30.5. The minimum atomic E-state index is -0.652. The van der Waals surface area contributed by atoms with E-state index in [1.54, 1.807) is 0 Å². The average molecular weight is 798 g/mol. The summed E-state index contributed by atoms with van der Waals surface area (Å²) in [5.41, 5.74) is 16.0. The summed E-state index contributed by atoms with van der Waals surface area (Å²) >= 11 is 13.4. The van der Waals surface area contributed by atoms with E-state index >= 15 is 0 Å². The van der Waals surface area contributed by atoms with Crippen LogP contribution in [0.3, 0.4) is 0 Å². The lowest BCUT2D eigenvalue weighted by atomic mass is 10.1. The first-order valence-corrected chi connectivity index (χ1v) is 20.6. The average Bonchev–Trinajstić information content (AvgIpc) is 3.55. The molecule has 49 heavy (non-hydrogen) atoms. The number of rotatable bonds is 20. The van der Waals surface area contributed by atoms with Crippen molar-refractivity contribution in [1.29, 1.82) is 0 Å². The second kappa shape index (κ2) is 30.2. The van der Waals surface area contributed by atoms with E-state index in [4.69, 9.17) is 17.2 Å². The summed E-state index contributed by atoms with van der Waals surface area (Å²) in [7, 11) is 1.99. The van der Waals surface area contributed by atoms with E-state index in [2.05, 4.69) is 46.1 Å².